The van der Waals surface area contributed by atoms with Crippen LogP contribution < -0.4 is 14.8 Å². The van der Waals surface area contributed by atoms with Gasteiger partial charge >= 0.3 is 10.2 Å². The summed E-state index contributed by atoms with van der Waals surface area (Å²) in [6, 6.07) is 3.97. The van der Waals surface area contributed by atoms with Crippen molar-refractivity contribution in [3.8, 4) is 0 Å². The Labute approximate surface area is 158 Å². The van der Waals surface area contributed by atoms with Crippen LogP contribution in [0, 0.1) is 0 Å². The number of likely N-dealkylation sites (N-methyl/N-ethyl adjacent to an activating group) is 1. The molecule has 0 atom stereocenters. The molecule has 146 valence electrons. The summed E-state index contributed by atoms with van der Waals surface area (Å²) in [5.41, 5.74) is 0. The van der Waals surface area contributed by atoms with Gasteiger partial charge in [0, 0.05) is 12.3 Å². The Kier molecular flexibility index (Phi) is 7.94. The van der Waals surface area contributed by atoms with E-state index >= 15 is 0 Å². The standard InChI is InChI=1S/C15H26N6O3S2/c1-16-6-7-17-14-15(20-26(22,23)19-14)18-8-9-25-11-13-5-4-12(24-13)10-21(2)3/h4-5,16H,6-11H2,1-3H3,(H,17,19)(H,18,20). The second kappa shape index (κ2) is 9.95. The van der Waals surface area contributed by atoms with Crippen molar-refractivity contribution in [1.29, 1.82) is 0 Å². The minimum atomic E-state index is -3.58. The molecule has 11 heteroatoms. The molecular weight excluding hydrogens is 376 g/mol. The van der Waals surface area contributed by atoms with Crippen LogP contribution in [0.25, 0.3) is 0 Å². The van der Waals surface area contributed by atoms with Gasteiger partial charge in [0.2, 0.25) is 0 Å². The van der Waals surface area contributed by atoms with Gasteiger partial charge in [-0.25, -0.2) is 9.44 Å². The van der Waals surface area contributed by atoms with Crippen LogP contribution in [0.3, 0.4) is 0 Å². The third kappa shape index (κ3) is 6.98. The molecule has 2 heterocycles. The van der Waals surface area contributed by atoms with Crippen LogP contribution in [0.4, 0.5) is 0 Å². The second-order valence-corrected chi connectivity index (χ2v) is 8.45. The van der Waals surface area contributed by atoms with Crippen LogP contribution in [0.1, 0.15) is 11.5 Å². The summed E-state index contributed by atoms with van der Waals surface area (Å²) in [5, 5.41) is 2.96. The molecule has 3 N–H and O–H groups in total. The molecule has 26 heavy (non-hydrogen) atoms. The van der Waals surface area contributed by atoms with Crippen molar-refractivity contribution >= 4 is 33.6 Å². The van der Waals surface area contributed by atoms with Crippen LogP contribution in [0.2, 0.25) is 0 Å². The van der Waals surface area contributed by atoms with Gasteiger partial charge in [0.25, 0.3) is 0 Å². The first-order valence-corrected chi connectivity index (χ1v) is 10.9. The molecule has 9 nitrogen and oxygen atoms in total. The molecule has 0 radical (unpaired) electrons. The summed E-state index contributed by atoms with van der Waals surface area (Å²) in [6.45, 7) is 2.40. The van der Waals surface area contributed by atoms with E-state index in [-0.39, 0.29) is 11.7 Å². The fourth-order valence-corrected chi connectivity index (χ4v) is 3.77. The smallest absolute Gasteiger partial charge is 0.324 e. The monoisotopic (exact) mass is 402 g/mol. The van der Waals surface area contributed by atoms with Crippen LogP contribution in [-0.2, 0) is 22.5 Å². The second-order valence-electron chi connectivity index (χ2n) is 5.93. The zero-order chi connectivity index (χ0) is 19.0. The van der Waals surface area contributed by atoms with Crippen molar-refractivity contribution < 1.29 is 12.8 Å². The summed E-state index contributed by atoms with van der Waals surface area (Å²) in [7, 11) is 2.23. The fraction of sp³-hybridized carbons (Fsp3) is 0.600. The predicted octanol–water partition coefficient (Wildman–Crippen LogP) is 0.0284. The normalized spacial score (nSPS) is 19.2. The Morgan fingerprint density at radius 3 is 2.46 bits per heavy atom. The molecule has 1 aliphatic rings. The molecule has 1 aromatic rings. The number of nitrogens with one attached hydrogen (secondary N) is 3. The maximum atomic E-state index is 11.6. The highest BCUT2D eigenvalue weighted by Gasteiger charge is 2.27. The van der Waals surface area contributed by atoms with E-state index in [1.807, 2.05) is 33.3 Å². The minimum Gasteiger partial charge on any atom is -0.464 e. The Bertz CT molecular complexity index is 742. The highest BCUT2D eigenvalue weighted by molar-refractivity contribution is 7.98. The van der Waals surface area contributed by atoms with Gasteiger partial charge in [0.1, 0.15) is 11.5 Å². The summed E-state index contributed by atoms with van der Waals surface area (Å²) in [6.07, 6.45) is 0. The number of furan rings is 1. The van der Waals surface area contributed by atoms with Gasteiger partial charge < -0.3 is 14.6 Å². The van der Waals surface area contributed by atoms with Gasteiger partial charge in [-0.3, -0.25) is 9.98 Å². The van der Waals surface area contributed by atoms with Crippen LogP contribution in [-0.4, -0.2) is 71.5 Å². The molecule has 1 aliphatic heterocycles. The van der Waals surface area contributed by atoms with Crippen LogP contribution >= 0.6 is 11.8 Å². The summed E-state index contributed by atoms with van der Waals surface area (Å²) in [5.74, 6) is 3.92. The lowest BCUT2D eigenvalue weighted by atomic mass is 10.4. The van der Waals surface area contributed by atoms with E-state index in [9.17, 15) is 8.42 Å². The first-order valence-electron chi connectivity index (χ1n) is 8.24. The molecule has 1 aromatic heterocycles. The molecule has 0 unspecified atom stereocenters. The van der Waals surface area contributed by atoms with Gasteiger partial charge in [-0.15, -0.1) is 0 Å². The lowest BCUT2D eigenvalue weighted by Crippen LogP contribution is -2.25. The number of hydrogen-bond donors (Lipinski definition) is 3. The van der Waals surface area contributed by atoms with E-state index in [1.54, 1.807) is 11.8 Å². The number of rotatable bonds is 10. The van der Waals surface area contributed by atoms with E-state index in [4.69, 9.17) is 4.42 Å². The molecule has 0 saturated carbocycles. The number of thioether (sulfide) groups is 1. The molecule has 0 bridgehead atoms. The van der Waals surface area contributed by atoms with Crippen molar-refractivity contribution in [2.45, 2.75) is 12.3 Å². The highest BCUT2D eigenvalue weighted by atomic mass is 32.2. The average molecular weight is 403 g/mol. The van der Waals surface area contributed by atoms with E-state index in [0.29, 0.717) is 19.6 Å². The van der Waals surface area contributed by atoms with E-state index in [1.165, 1.54) is 0 Å². The Hall–Kier alpha value is -1.56. The number of amidine groups is 2. The quantitative estimate of drug-likeness (QED) is 0.476. The zero-order valence-electron chi connectivity index (χ0n) is 15.3. The maximum absolute atomic E-state index is 11.6. The Morgan fingerprint density at radius 2 is 1.81 bits per heavy atom. The third-order valence-corrected chi connectivity index (χ3v) is 5.14. The van der Waals surface area contributed by atoms with Crippen LogP contribution in [0.5, 0.6) is 0 Å². The predicted molar refractivity (Wildman–Crippen MR) is 106 cm³/mol. The Balaban J connectivity index is 1.79. The van der Waals surface area contributed by atoms with Gasteiger partial charge in [-0.05, 0) is 33.3 Å². The summed E-state index contributed by atoms with van der Waals surface area (Å²) >= 11 is 1.68. The van der Waals surface area contributed by atoms with Gasteiger partial charge in [-0.2, -0.15) is 20.2 Å². The Morgan fingerprint density at radius 1 is 1.15 bits per heavy atom. The lowest BCUT2D eigenvalue weighted by Gasteiger charge is -2.05. The number of aliphatic imine (C=N–C) groups is 2. The van der Waals surface area contributed by atoms with Gasteiger partial charge in [-0.1, -0.05) is 0 Å². The molecular formula is C15H26N6O3S2. The van der Waals surface area contributed by atoms with E-state index in [0.717, 1.165) is 29.6 Å². The van der Waals surface area contributed by atoms with Crippen molar-refractivity contribution in [1.82, 2.24) is 19.7 Å². The SMILES string of the molecule is CNCCN=C1NS(=O)(=O)NC1=NCCSCc1ccc(CN(C)C)o1. The molecule has 0 aliphatic carbocycles. The molecule has 1 fully saturated rings. The zero-order valence-corrected chi connectivity index (χ0v) is 16.9. The van der Waals surface area contributed by atoms with Gasteiger partial charge in [0.15, 0.2) is 11.7 Å². The lowest BCUT2D eigenvalue weighted by molar-refractivity contribution is 0.344. The topological polar surface area (TPSA) is 111 Å². The maximum Gasteiger partial charge on any atom is 0.324 e. The molecule has 0 aromatic carbocycles. The third-order valence-electron chi connectivity index (χ3n) is 3.26. The van der Waals surface area contributed by atoms with Crippen LogP contribution in [0.15, 0.2) is 26.5 Å². The first kappa shape index (κ1) is 20.7. The molecule has 1 saturated heterocycles. The van der Waals surface area contributed by atoms with Crippen molar-refractivity contribution in [3.05, 3.63) is 23.7 Å². The van der Waals surface area contributed by atoms with Crippen molar-refractivity contribution in [3.63, 3.8) is 0 Å². The largest absolute Gasteiger partial charge is 0.464 e. The fourth-order valence-electron chi connectivity index (χ4n) is 2.16. The van der Waals surface area contributed by atoms with Gasteiger partial charge in [0.05, 0.1) is 25.4 Å². The van der Waals surface area contributed by atoms with Crippen molar-refractivity contribution in [2.75, 3.05) is 46.5 Å². The first-order chi connectivity index (χ1) is 12.4. The van der Waals surface area contributed by atoms with E-state index in [2.05, 4.69) is 29.6 Å². The molecule has 0 spiro atoms. The molecule has 0 amide bonds. The highest BCUT2D eigenvalue weighted by Crippen LogP contribution is 2.16. The average Bonchev–Trinajstić information content (AvgIpc) is 3.10. The summed E-state index contributed by atoms with van der Waals surface area (Å²) < 4.78 is 33.7. The van der Waals surface area contributed by atoms with E-state index < -0.39 is 10.2 Å². The number of nitrogens with zero attached hydrogens (tertiary/aromatic N) is 3. The van der Waals surface area contributed by atoms with Crippen molar-refractivity contribution in [2.24, 2.45) is 9.98 Å². The molecule has 2 rings (SSSR count). The number of hydrogen-bond acceptors (Lipinski definition) is 8. The minimum absolute atomic E-state index is 0.268. The summed E-state index contributed by atoms with van der Waals surface area (Å²) in [4.78, 5) is 10.6.